The number of nitrogens with zero attached hydrogens (tertiary/aromatic N) is 5. The standard InChI is InChI=1S/C13H21N7O/c1-3-6-19-12(16-10-18-19)9-20-13(21)7-11(8-17-20)15-5-4-14-2/h7-8,10,14-15H,3-6,9H2,1-2H3. The Balaban J connectivity index is 2.07. The SMILES string of the molecule is CCCn1ncnc1Cn1ncc(NCCNC)cc1=O. The number of hydrogen-bond donors (Lipinski definition) is 2. The highest BCUT2D eigenvalue weighted by atomic mass is 16.1. The van der Waals surface area contributed by atoms with Crippen LogP contribution in [0.1, 0.15) is 19.2 Å². The van der Waals surface area contributed by atoms with Gasteiger partial charge in [-0.2, -0.15) is 10.2 Å². The van der Waals surface area contributed by atoms with Crippen molar-refractivity contribution in [3.8, 4) is 0 Å². The zero-order valence-corrected chi connectivity index (χ0v) is 12.4. The van der Waals surface area contributed by atoms with Crippen LogP contribution in [0.25, 0.3) is 0 Å². The Kier molecular flexibility index (Phi) is 5.44. The molecule has 2 N–H and O–H groups in total. The first-order chi connectivity index (χ1) is 10.2. The molecule has 0 saturated carbocycles. The lowest BCUT2D eigenvalue weighted by Crippen LogP contribution is -2.25. The summed E-state index contributed by atoms with van der Waals surface area (Å²) in [7, 11) is 1.88. The van der Waals surface area contributed by atoms with E-state index in [4.69, 9.17) is 0 Å². The van der Waals surface area contributed by atoms with Crippen molar-refractivity contribution in [2.45, 2.75) is 26.4 Å². The average Bonchev–Trinajstić information content (AvgIpc) is 2.90. The number of likely N-dealkylation sites (N-methyl/N-ethyl adjacent to an activating group) is 1. The third kappa shape index (κ3) is 4.12. The van der Waals surface area contributed by atoms with Crippen LogP contribution in [0.15, 0.2) is 23.4 Å². The molecule has 0 aliphatic carbocycles. The lowest BCUT2D eigenvalue weighted by Gasteiger charge is -2.08. The van der Waals surface area contributed by atoms with Gasteiger partial charge in [0.25, 0.3) is 5.56 Å². The third-order valence-electron chi connectivity index (χ3n) is 3.00. The van der Waals surface area contributed by atoms with Gasteiger partial charge in [0.05, 0.1) is 11.9 Å². The van der Waals surface area contributed by atoms with Gasteiger partial charge in [-0.1, -0.05) is 6.92 Å². The Morgan fingerprint density at radius 2 is 2.10 bits per heavy atom. The van der Waals surface area contributed by atoms with Gasteiger partial charge in [-0.15, -0.1) is 0 Å². The first-order valence-electron chi connectivity index (χ1n) is 7.07. The average molecular weight is 291 g/mol. The maximum absolute atomic E-state index is 12.1. The fraction of sp³-hybridized carbons (Fsp3) is 0.538. The van der Waals surface area contributed by atoms with E-state index in [0.717, 1.165) is 37.6 Å². The number of nitrogens with one attached hydrogen (secondary N) is 2. The Morgan fingerprint density at radius 1 is 1.24 bits per heavy atom. The van der Waals surface area contributed by atoms with Crippen LogP contribution in [-0.4, -0.2) is 44.7 Å². The largest absolute Gasteiger partial charge is 0.382 e. The lowest BCUT2D eigenvalue weighted by molar-refractivity contribution is 0.528. The first kappa shape index (κ1) is 15.2. The molecule has 2 rings (SSSR count). The normalized spacial score (nSPS) is 10.8. The molecule has 0 saturated heterocycles. The Hall–Kier alpha value is -2.22. The summed E-state index contributed by atoms with van der Waals surface area (Å²) < 4.78 is 3.19. The number of rotatable bonds is 8. The summed E-state index contributed by atoms with van der Waals surface area (Å²) in [5.74, 6) is 0.738. The molecule has 8 nitrogen and oxygen atoms in total. The van der Waals surface area contributed by atoms with Gasteiger partial charge in [-0.25, -0.2) is 14.3 Å². The van der Waals surface area contributed by atoms with E-state index < -0.39 is 0 Å². The van der Waals surface area contributed by atoms with Crippen molar-refractivity contribution in [1.82, 2.24) is 29.9 Å². The minimum absolute atomic E-state index is 0.157. The van der Waals surface area contributed by atoms with Gasteiger partial charge < -0.3 is 10.6 Å². The predicted molar refractivity (Wildman–Crippen MR) is 80.3 cm³/mol. The molecule has 0 unspecified atom stereocenters. The van der Waals surface area contributed by atoms with Crippen molar-refractivity contribution >= 4 is 5.69 Å². The number of aryl methyl sites for hydroxylation is 1. The van der Waals surface area contributed by atoms with Crippen LogP contribution in [0, 0.1) is 0 Å². The zero-order valence-electron chi connectivity index (χ0n) is 12.4. The van der Waals surface area contributed by atoms with E-state index in [9.17, 15) is 4.79 Å². The monoisotopic (exact) mass is 291 g/mol. The zero-order chi connectivity index (χ0) is 15.1. The molecule has 0 fully saturated rings. The van der Waals surface area contributed by atoms with Crippen molar-refractivity contribution < 1.29 is 0 Å². The van der Waals surface area contributed by atoms with E-state index in [1.54, 1.807) is 16.9 Å². The van der Waals surface area contributed by atoms with E-state index >= 15 is 0 Å². The molecule has 114 valence electrons. The summed E-state index contributed by atoms with van der Waals surface area (Å²) in [4.78, 5) is 16.2. The molecule has 0 amide bonds. The molecule has 8 heteroatoms. The molecular formula is C13H21N7O. The second-order valence-electron chi connectivity index (χ2n) is 4.67. The van der Waals surface area contributed by atoms with Gasteiger partial charge in [0, 0.05) is 25.7 Å². The molecule has 2 heterocycles. The Labute approximate surface area is 123 Å². The molecule has 0 radical (unpaired) electrons. The summed E-state index contributed by atoms with van der Waals surface area (Å²) >= 11 is 0. The highest BCUT2D eigenvalue weighted by Crippen LogP contribution is 2.01. The molecule has 0 spiro atoms. The molecule has 2 aromatic heterocycles. The first-order valence-corrected chi connectivity index (χ1v) is 7.07. The molecule has 0 aromatic carbocycles. The van der Waals surface area contributed by atoms with Gasteiger partial charge in [0.2, 0.25) is 0 Å². The fourth-order valence-electron chi connectivity index (χ4n) is 1.92. The number of anilines is 1. The molecule has 0 aliphatic heterocycles. The van der Waals surface area contributed by atoms with Crippen molar-refractivity contribution in [2.75, 3.05) is 25.5 Å². The van der Waals surface area contributed by atoms with Crippen molar-refractivity contribution in [3.63, 3.8) is 0 Å². The molecular weight excluding hydrogens is 270 g/mol. The molecule has 0 bridgehead atoms. The highest BCUT2D eigenvalue weighted by Gasteiger charge is 2.07. The molecule has 2 aromatic rings. The van der Waals surface area contributed by atoms with E-state index in [1.165, 1.54) is 11.0 Å². The minimum Gasteiger partial charge on any atom is -0.382 e. The summed E-state index contributed by atoms with van der Waals surface area (Å²) in [5.41, 5.74) is 0.567. The van der Waals surface area contributed by atoms with Crippen LogP contribution >= 0.6 is 0 Å². The van der Waals surface area contributed by atoms with Gasteiger partial charge in [0.1, 0.15) is 18.7 Å². The number of aromatic nitrogens is 5. The minimum atomic E-state index is -0.157. The van der Waals surface area contributed by atoms with Gasteiger partial charge in [-0.05, 0) is 13.5 Å². The maximum Gasteiger partial charge on any atom is 0.269 e. The topological polar surface area (TPSA) is 89.7 Å². The second kappa shape index (κ2) is 7.53. The Morgan fingerprint density at radius 3 is 2.81 bits per heavy atom. The Bertz CT molecular complexity index is 619. The van der Waals surface area contributed by atoms with Crippen LogP contribution in [0.3, 0.4) is 0 Å². The summed E-state index contributed by atoms with van der Waals surface area (Å²) in [6, 6.07) is 1.54. The maximum atomic E-state index is 12.1. The fourth-order valence-corrected chi connectivity index (χ4v) is 1.92. The van der Waals surface area contributed by atoms with Gasteiger partial charge in [0.15, 0.2) is 0 Å². The third-order valence-corrected chi connectivity index (χ3v) is 3.00. The number of hydrogen-bond acceptors (Lipinski definition) is 6. The quantitative estimate of drug-likeness (QED) is 0.662. The van der Waals surface area contributed by atoms with E-state index in [1.807, 2.05) is 7.05 Å². The molecule has 0 atom stereocenters. The van der Waals surface area contributed by atoms with Crippen LogP contribution < -0.4 is 16.2 Å². The summed E-state index contributed by atoms with van der Waals surface area (Å²) in [5, 5.41) is 14.5. The van der Waals surface area contributed by atoms with Gasteiger partial charge >= 0.3 is 0 Å². The molecule has 0 aliphatic rings. The highest BCUT2D eigenvalue weighted by molar-refractivity contribution is 5.38. The van der Waals surface area contributed by atoms with Crippen molar-refractivity contribution in [2.24, 2.45) is 0 Å². The predicted octanol–water partition coefficient (Wildman–Crippen LogP) is -0.0756. The smallest absolute Gasteiger partial charge is 0.269 e. The van der Waals surface area contributed by atoms with Crippen molar-refractivity contribution in [3.05, 3.63) is 34.8 Å². The van der Waals surface area contributed by atoms with Crippen LogP contribution in [0.4, 0.5) is 5.69 Å². The lowest BCUT2D eigenvalue weighted by atomic mass is 10.4. The van der Waals surface area contributed by atoms with E-state index in [0.29, 0.717) is 6.54 Å². The van der Waals surface area contributed by atoms with Crippen LogP contribution in [-0.2, 0) is 13.1 Å². The summed E-state index contributed by atoms with van der Waals surface area (Å²) in [6.45, 7) is 4.75. The van der Waals surface area contributed by atoms with Crippen LogP contribution in [0.2, 0.25) is 0 Å². The molecule has 21 heavy (non-hydrogen) atoms. The second-order valence-corrected chi connectivity index (χ2v) is 4.67. The van der Waals surface area contributed by atoms with E-state index in [2.05, 4.69) is 32.7 Å². The van der Waals surface area contributed by atoms with E-state index in [-0.39, 0.29) is 5.56 Å². The van der Waals surface area contributed by atoms with Crippen molar-refractivity contribution in [1.29, 1.82) is 0 Å². The summed E-state index contributed by atoms with van der Waals surface area (Å²) in [6.07, 6.45) is 4.12. The van der Waals surface area contributed by atoms with Crippen LogP contribution in [0.5, 0.6) is 0 Å². The van der Waals surface area contributed by atoms with Gasteiger partial charge in [-0.3, -0.25) is 4.79 Å².